The number of rotatable bonds is 6. The average Bonchev–Trinajstić information content (AvgIpc) is 3.45. The van der Waals surface area contributed by atoms with E-state index in [9.17, 15) is 14.4 Å². The fraction of sp³-hybridized carbons (Fsp3) is 0.211. The second-order valence-corrected chi connectivity index (χ2v) is 6.02. The predicted octanol–water partition coefficient (Wildman–Crippen LogP) is 2.34. The molecule has 1 aliphatic rings. The zero-order valence-corrected chi connectivity index (χ0v) is 14.1. The summed E-state index contributed by atoms with van der Waals surface area (Å²) in [6.45, 7) is -0.129. The molecule has 134 valence electrons. The summed E-state index contributed by atoms with van der Waals surface area (Å²) in [5, 5.41) is 10.6. The number of benzene rings is 2. The first kappa shape index (κ1) is 17.5. The molecule has 1 saturated carbocycles. The van der Waals surface area contributed by atoms with Crippen molar-refractivity contribution in [3.8, 4) is 0 Å². The molecule has 0 saturated heterocycles. The molecule has 0 unspecified atom stereocenters. The molecule has 26 heavy (non-hydrogen) atoms. The van der Waals surface area contributed by atoms with Crippen LogP contribution in [0.25, 0.3) is 0 Å². The van der Waals surface area contributed by atoms with Gasteiger partial charge in [0.1, 0.15) is 0 Å². The molecular formula is C19H20N4O3. The zero-order chi connectivity index (χ0) is 18.4. The first-order chi connectivity index (χ1) is 12.6. The number of carbonyl (C=O) groups excluding carboxylic acids is 3. The molecule has 2 aromatic rings. The van der Waals surface area contributed by atoms with Crippen molar-refractivity contribution in [2.75, 3.05) is 17.2 Å². The van der Waals surface area contributed by atoms with E-state index in [-0.39, 0.29) is 18.5 Å². The van der Waals surface area contributed by atoms with Gasteiger partial charge in [-0.1, -0.05) is 30.3 Å². The van der Waals surface area contributed by atoms with E-state index in [1.54, 1.807) is 48.5 Å². The van der Waals surface area contributed by atoms with Crippen LogP contribution in [0.5, 0.6) is 0 Å². The van der Waals surface area contributed by atoms with E-state index in [0.717, 1.165) is 12.8 Å². The minimum absolute atomic E-state index is 0.129. The Hall–Kier alpha value is -3.35. The summed E-state index contributed by atoms with van der Waals surface area (Å²) in [6.07, 6.45) is 2.00. The van der Waals surface area contributed by atoms with Gasteiger partial charge in [-0.15, -0.1) is 0 Å². The third-order valence-electron chi connectivity index (χ3n) is 3.81. The lowest BCUT2D eigenvalue weighted by Crippen LogP contribution is -2.38. The molecule has 0 aromatic heterocycles. The van der Waals surface area contributed by atoms with Gasteiger partial charge in [-0.05, 0) is 37.1 Å². The van der Waals surface area contributed by atoms with Crippen LogP contribution in [-0.2, 0) is 4.79 Å². The van der Waals surface area contributed by atoms with E-state index in [1.165, 1.54) is 0 Å². The van der Waals surface area contributed by atoms with E-state index in [0.29, 0.717) is 16.9 Å². The number of para-hydroxylation sites is 2. The number of urea groups is 1. The molecule has 0 heterocycles. The van der Waals surface area contributed by atoms with Gasteiger partial charge in [0.05, 0.1) is 12.1 Å². The number of amides is 4. The fourth-order valence-electron chi connectivity index (χ4n) is 2.36. The highest BCUT2D eigenvalue weighted by molar-refractivity contribution is 6.03. The Bertz CT molecular complexity index is 803. The van der Waals surface area contributed by atoms with Gasteiger partial charge >= 0.3 is 6.03 Å². The van der Waals surface area contributed by atoms with Crippen LogP contribution in [0.15, 0.2) is 54.6 Å². The van der Waals surface area contributed by atoms with Crippen molar-refractivity contribution in [2.45, 2.75) is 18.9 Å². The minimum atomic E-state index is -0.609. The largest absolute Gasteiger partial charge is 0.375 e. The van der Waals surface area contributed by atoms with E-state index in [2.05, 4.69) is 21.3 Å². The lowest BCUT2D eigenvalue weighted by atomic mass is 10.1. The summed E-state index contributed by atoms with van der Waals surface area (Å²) in [7, 11) is 0. The molecule has 7 nitrogen and oxygen atoms in total. The lowest BCUT2D eigenvalue weighted by molar-refractivity contribution is -0.118. The van der Waals surface area contributed by atoms with Crippen LogP contribution < -0.4 is 21.3 Å². The molecule has 1 fully saturated rings. The highest BCUT2D eigenvalue weighted by Gasteiger charge is 2.24. The predicted molar refractivity (Wildman–Crippen MR) is 99.0 cm³/mol. The van der Waals surface area contributed by atoms with Crippen LogP contribution in [0, 0.1) is 0 Å². The second-order valence-electron chi connectivity index (χ2n) is 6.02. The number of carbonyl (C=O) groups is 3. The van der Waals surface area contributed by atoms with Crippen molar-refractivity contribution in [1.82, 2.24) is 10.6 Å². The van der Waals surface area contributed by atoms with Crippen LogP contribution >= 0.6 is 0 Å². The van der Waals surface area contributed by atoms with Gasteiger partial charge in [0, 0.05) is 17.4 Å². The van der Waals surface area contributed by atoms with Crippen molar-refractivity contribution < 1.29 is 14.4 Å². The first-order valence-electron chi connectivity index (χ1n) is 8.41. The van der Waals surface area contributed by atoms with Gasteiger partial charge < -0.3 is 16.0 Å². The molecule has 4 amide bonds. The van der Waals surface area contributed by atoms with Crippen molar-refractivity contribution in [2.24, 2.45) is 0 Å². The quantitative estimate of drug-likeness (QED) is 0.641. The Morgan fingerprint density at radius 1 is 0.923 bits per heavy atom. The lowest BCUT2D eigenvalue weighted by Gasteiger charge is -2.12. The van der Waals surface area contributed by atoms with E-state index >= 15 is 0 Å². The fourth-order valence-corrected chi connectivity index (χ4v) is 2.36. The van der Waals surface area contributed by atoms with Crippen molar-refractivity contribution >= 4 is 29.2 Å². The van der Waals surface area contributed by atoms with Gasteiger partial charge in [0.25, 0.3) is 5.91 Å². The van der Waals surface area contributed by atoms with Crippen molar-refractivity contribution in [3.05, 3.63) is 60.2 Å². The third kappa shape index (κ3) is 5.07. The van der Waals surface area contributed by atoms with E-state index in [1.807, 2.05) is 6.07 Å². The molecule has 0 bridgehead atoms. The SMILES string of the molecule is O=C(CNc1ccccc1C(=O)NC1CC1)NC(=O)Nc1ccccc1. The number of nitrogens with one attached hydrogen (secondary N) is 4. The standard InChI is InChI=1S/C19H20N4O3/c24-17(23-19(26)22-13-6-2-1-3-7-13)12-20-16-9-5-4-8-15(16)18(25)21-14-10-11-14/h1-9,14,20H,10-12H2,(H,21,25)(H2,22,23,24,26). The first-order valence-corrected chi connectivity index (χ1v) is 8.41. The van der Waals surface area contributed by atoms with Gasteiger partial charge in [0.15, 0.2) is 0 Å². The maximum Gasteiger partial charge on any atom is 0.325 e. The van der Waals surface area contributed by atoms with E-state index in [4.69, 9.17) is 0 Å². The monoisotopic (exact) mass is 352 g/mol. The number of anilines is 2. The minimum Gasteiger partial charge on any atom is -0.375 e. The van der Waals surface area contributed by atoms with Crippen molar-refractivity contribution in [3.63, 3.8) is 0 Å². The highest BCUT2D eigenvalue weighted by atomic mass is 16.2. The Morgan fingerprint density at radius 3 is 2.35 bits per heavy atom. The van der Waals surface area contributed by atoms with Gasteiger partial charge in [0.2, 0.25) is 5.91 Å². The van der Waals surface area contributed by atoms with Crippen molar-refractivity contribution in [1.29, 1.82) is 0 Å². The maximum absolute atomic E-state index is 12.2. The topological polar surface area (TPSA) is 99.3 Å². The van der Waals surface area contributed by atoms with E-state index < -0.39 is 11.9 Å². The zero-order valence-electron chi connectivity index (χ0n) is 14.1. The molecule has 3 rings (SSSR count). The molecule has 2 aromatic carbocycles. The summed E-state index contributed by atoms with van der Waals surface area (Å²) in [5.74, 6) is -0.673. The molecule has 0 atom stereocenters. The molecule has 4 N–H and O–H groups in total. The summed E-state index contributed by atoms with van der Waals surface area (Å²) in [5.41, 5.74) is 1.61. The smallest absolute Gasteiger partial charge is 0.325 e. The molecule has 0 spiro atoms. The van der Waals surface area contributed by atoms with Crippen LogP contribution in [0.3, 0.4) is 0 Å². The Balaban J connectivity index is 1.51. The number of hydrogen-bond acceptors (Lipinski definition) is 4. The Morgan fingerprint density at radius 2 is 1.62 bits per heavy atom. The normalized spacial score (nSPS) is 12.8. The van der Waals surface area contributed by atoms with Gasteiger partial charge in [-0.3, -0.25) is 14.9 Å². The summed E-state index contributed by atoms with van der Waals surface area (Å²) in [4.78, 5) is 36.0. The van der Waals surface area contributed by atoms with Gasteiger partial charge in [-0.2, -0.15) is 0 Å². The molecule has 0 radical (unpaired) electrons. The third-order valence-corrected chi connectivity index (χ3v) is 3.81. The molecule has 0 aliphatic heterocycles. The van der Waals surface area contributed by atoms with Crippen LogP contribution in [0.2, 0.25) is 0 Å². The van der Waals surface area contributed by atoms with Crippen LogP contribution in [0.4, 0.5) is 16.2 Å². The Kier molecular flexibility index (Phi) is 5.48. The summed E-state index contributed by atoms with van der Waals surface area (Å²) >= 11 is 0. The van der Waals surface area contributed by atoms with Crippen LogP contribution in [-0.4, -0.2) is 30.4 Å². The number of hydrogen-bond donors (Lipinski definition) is 4. The Labute approximate surface area is 151 Å². The molecular weight excluding hydrogens is 332 g/mol. The second kappa shape index (κ2) is 8.15. The number of imide groups is 1. The highest BCUT2D eigenvalue weighted by Crippen LogP contribution is 2.21. The maximum atomic E-state index is 12.2. The van der Waals surface area contributed by atoms with Crippen LogP contribution in [0.1, 0.15) is 23.2 Å². The molecule has 1 aliphatic carbocycles. The summed E-state index contributed by atoms with van der Waals surface area (Å²) in [6, 6.07) is 15.4. The molecule has 7 heteroatoms. The summed E-state index contributed by atoms with van der Waals surface area (Å²) < 4.78 is 0. The van der Waals surface area contributed by atoms with Gasteiger partial charge in [-0.25, -0.2) is 4.79 Å². The average molecular weight is 352 g/mol.